The molecule has 0 amide bonds. The minimum Gasteiger partial charge on any atom is -0.496 e. The van der Waals surface area contributed by atoms with Gasteiger partial charge in [0.15, 0.2) is 0 Å². The molecule has 82 valence electrons. The molecule has 0 saturated heterocycles. The number of benzene rings is 1. The third kappa shape index (κ3) is 1.84. The highest BCUT2D eigenvalue weighted by Gasteiger charge is 2.07. The number of anilines is 1. The molecule has 0 aliphatic rings. The summed E-state index contributed by atoms with van der Waals surface area (Å²) >= 11 is 0. The molecular weight excluding hydrogens is 200 g/mol. The van der Waals surface area contributed by atoms with E-state index in [0.717, 1.165) is 28.1 Å². The van der Waals surface area contributed by atoms with Gasteiger partial charge in [-0.25, -0.2) is 0 Å². The van der Waals surface area contributed by atoms with E-state index in [9.17, 15) is 0 Å². The highest BCUT2D eigenvalue weighted by atomic mass is 16.5. The van der Waals surface area contributed by atoms with Crippen LogP contribution in [-0.2, 0) is 0 Å². The molecule has 2 N–H and O–H groups in total. The zero-order chi connectivity index (χ0) is 11.5. The fourth-order valence-electron chi connectivity index (χ4n) is 1.75. The third-order valence-electron chi connectivity index (χ3n) is 2.54. The van der Waals surface area contributed by atoms with E-state index in [1.54, 1.807) is 19.5 Å². The molecule has 0 unspecified atom stereocenters. The van der Waals surface area contributed by atoms with E-state index < -0.39 is 0 Å². The van der Waals surface area contributed by atoms with E-state index in [1.165, 1.54) is 0 Å². The molecule has 1 aromatic heterocycles. The first-order valence-electron chi connectivity index (χ1n) is 5.07. The maximum Gasteiger partial charge on any atom is 0.129 e. The second-order valence-electron chi connectivity index (χ2n) is 3.65. The van der Waals surface area contributed by atoms with Crippen molar-refractivity contribution in [3.63, 3.8) is 0 Å². The first kappa shape index (κ1) is 10.5. The largest absolute Gasteiger partial charge is 0.496 e. The molecule has 0 bridgehead atoms. The molecule has 0 spiro atoms. The van der Waals surface area contributed by atoms with Crippen LogP contribution >= 0.6 is 0 Å². The maximum absolute atomic E-state index is 5.73. The van der Waals surface area contributed by atoms with E-state index in [0.29, 0.717) is 0 Å². The smallest absolute Gasteiger partial charge is 0.129 e. The number of pyridine rings is 1. The second-order valence-corrected chi connectivity index (χ2v) is 3.65. The predicted octanol–water partition coefficient (Wildman–Crippen LogP) is 2.65. The van der Waals surface area contributed by atoms with Crippen LogP contribution in [0, 0.1) is 6.92 Å². The van der Waals surface area contributed by atoms with Crippen LogP contribution in [0.3, 0.4) is 0 Å². The Morgan fingerprint density at radius 1 is 1.19 bits per heavy atom. The first-order chi connectivity index (χ1) is 7.72. The number of aromatic nitrogens is 1. The summed E-state index contributed by atoms with van der Waals surface area (Å²) in [4.78, 5) is 4.12. The molecule has 0 atom stereocenters. The van der Waals surface area contributed by atoms with E-state index in [1.807, 2.05) is 31.2 Å². The van der Waals surface area contributed by atoms with Gasteiger partial charge in [-0.15, -0.1) is 0 Å². The topological polar surface area (TPSA) is 48.1 Å². The first-order valence-corrected chi connectivity index (χ1v) is 5.07. The van der Waals surface area contributed by atoms with Crippen LogP contribution < -0.4 is 10.5 Å². The highest BCUT2D eigenvalue weighted by Crippen LogP contribution is 2.31. The van der Waals surface area contributed by atoms with Crippen molar-refractivity contribution in [2.45, 2.75) is 6.92 Å². The molecule has 0 radical (unpaired) electrons. The molecule has 3 nitrogen and oxygen atoms in total. The van der Waals surface area contributed by atoms with Crippen molar-refractivity contribution in [3.8, 4) is 16.9 Å². The number of rotatable bonds is 2. The van der Waals surface area contributed by atoms with Gasteiger partial charge in [-0.1, -0.05) is 6.07 Å². The Kier molecular flexibility index (Phi) is 2.77. The van der Waals surface area contributed by atoms with Gasteiger partial charge in [0, 0.05) is 23.6 Å². The molecule has 2 aromatic rings. The van der Waals surface area contributed by atoms with Gasteiger partial charge in [0.1, 0.15) is 5.75 Å². The summed E-state index contributed by atoms with van der Waals surface area (Å²) in [5.74, 6) is 0.822. The summed E-state index contributed by atoms with van der Waals surface area (Å²) < 4.78 is 5.31. The third-order valence-corrected chi connectivity index (χ3v) is 2.54. The summed E-state index contributed by atoms with van der Waals surface area (Å²) in [6.07, 6.45) is 3.52. The van der Waals surface area contributed by atoms with Crippen molar-refractivity contribution in [2.75, 3.05) is 12.8 Å². The predicted molar refractivity (Wildman–Crippen MR) is 65.4 cm³/mol. The highest BCUT2D eigenvalue weighted by molar-refractivity contribution is 5.73. The number of hydrogen-bond donors (Lipinski definition) is 1. The molecule has 2 rings (SSSR count). The lowest BCUT2D eigenvalue weighted by atomic mass is 10.0. The van der Waals surface area contributed by atoms with E-state index in [2.05, 4.69) is 4.98 Å². The van der Waals surface area contributed by atoms with Crippen molar-refractivity contribution in [1.29, 1.82) is 0 Å². The van der Waals surface area contributed by atoms with Gasteiger partial charge in [-0.3, -0.25) is 4.98 Å². The zero-order valence-corrected chi connectivity index (χ0v) is 9.40. The van der Waals surface area contributed by atoms with Crippen molar-refractivity contribution in [3.05, 3.63) is 42.2 Å². The van der Waals surface area contributed by atoms with Gasteiger partial charge in [0.2, 0.25) is 0 Å². The quantitative estimate of drug-likeness (QED) is 0.782. The molecule has 0 fully saturated rings. The minimum atomic E-state index is 0.768. The lowest BCUT2D eigenvalue weighted by Crippen LogP contribution is -1.92. The van der Waals surface area contributed by atoms with Crippen LogP contribution in [0.2, 0.25) is 0 Å². The summed E-state index contributed by atoms with van der Waals surface area (Å²) in [5.41, 5.74) is 9.70. The van der Waals surface area contributed by atoms with Gasteiger partial charge < -0.3 is 10.5 Å². The number of nitrogen functional groups attached to an aromatic ring is 1. The summed E-state index contributed by atoms with van der Waals surface area (Å²) in [6.45, 7) is 2.03. The summed E-state index contributed by atoms with van der Waals surface area (Å²) in [7, 11) is 1.66. The molecule has 3 heteroatoms. The van der Waals surface area contributed by atoms with Crippen LogP contribution in [0.15, 0.2) is 36.7 Å². The van der Waals surface area contributed by atoms with Crippen molar-refractivity contribution in [2.24, 2.45) is 0 Å². The lowest BCUT2D eigenvalue weighted by molar-refractivity contribution is 0.416. The Labute approximate surface area is 94.9 Å². The normalized spacial score (nSPS) is 10.1. The Hall–Kier alpha value is -2.03. The Morgan fingerprint density at radius 2 is 2.00 bits per heavy atom. The minimum absolute atomic E-state index is 0.768. The number of ether oxygens (including phenoxy) is 1. The molecule has 0 saturated carbocycles. The monoisotopic (exact) mass is 214 g/mol. The number of hydrogen-bond acceptors (Lipinski definition) is 3. The zero-order valence-electron chi connectivity index (χ0n) is 9.40. The fraction of sp³-hybridized carbons (Fsp3) is 0.154. The molecule has 1 heterocycles. The number of nitrogens with two attached hydrogens (primary N) is 1. The summed E-state index contributed by atoms with van der Waals surface area (Å²) in [6, 6.07) is 7.67. The van der Waals surface area contributed by atoms with Gasteiger partial charge in [-0.05, 0) is 36.2 Å². The van der Waals surface area contributed by atoms with E-state index >= 15 is 0 Å². The number of methoxy groups -OCH3 is 1. The SMILES string of the molecule is COc1ccncc1-c1ccc(N)cc1C. The molecule has 1 aromatic carbocycles. The standard InChI is InChI=1S/C13H14N2O/c1-9-7-10(14)3-4-11(9)12-8-15-6-5-13(12)16-2/h3-8H,14H2,1-2H3. The van der Waals surface area contributed by atoms with Gasteiger partial charge in [0.05, 0.1) is 7.11 Å². The fourth-order valence-corrected chi connectivity index (χ4v) is 1.75. The van der Waals surface area contributed by atoms with Crippen LogP contribution in [0.4, 0.5) is 5.69 Å². The molecule has 0 aliphatic heterocycles. The number of nitrogens with zero attached hydrogens (tertiary/aromatic N) is 1. The number of aryl methyl sites for hydroxylation is 1. The van der Waals surface area contributed by atoms with E-state index in [-0.39, 0.29) is 0 Å². The van der Waals surface area contributed by atoms with E-state index in [4.69, 9.17) is 10.5 Å². The average Bonchev–Trinajstić information content (AvgIpc) is 2.29. The van der Waals surface area contributed by atoms with Gasteiger partial charge in [-0.2, -0.15) is 0 Å². The van der Waals surface area contributed by atoms with Crippen molar-refractivity contribution < 1.29 is 4.74 Å². The lowest BCUT2D eigenvalue weighted by Gasteiger charge is -2.10. The second kappa shape index (κ2) is 4.23. The Bertz CT molecular complexity index is 509. The van der Waals surface area contributed by atoms with Gasteiger partial charge in [0.25, 0.3) is 0 Å². The summed E-state index contributed by atoms with van der Waals surface area (Å²) in [5, 5.41) is 0. The average molecular weight is 214 g/mol. The molecule has 16 heavy (non-hydrogen) atoms. The maximum atomic E-state index is 5.73. The van der Waals surface area contributed by atoms with Crippen LogP contribution in [0.1, 0.15) is 5.56 Å². The van der Waals surface area contributed by atoms with Gasteiger partial charge >= 0.3 is 0 Å². The molecular formula is C13H14N2O. The van der Waals surface area contributed by atoms with Crippen LogP contribution in [0.25, 0.3) is 11.1 Å². The Balaban J connectivity index is 2.58. The van der Waals surface area contributed by atoms with Crippen molar-refractivity contribution in [1.82, 2.24) is 4.98 Å². The van der Waals surface area contributed by atoms with Crippen LogP contribution in [0.5, 0.6) is 5.75 Å². The van der Waals surface area contributed by atoms with Crippen LogP contribution in [-0.4, -0.2) is 12.1 Å². The van der Waals surface area contributed by atoms with Crippen molar-refractivity contribution >= 4 is 5.69 Å². The Morgan fingerprint density at radius 3 is 2.69 bits per heavy atom. The molecule has 0 aliphatic carbocycles.